The van der Waals surface area contributed by atoms with Crippen LogP contribution in [0.3, 0.4) is 0 Å². The average molecular weight is 274 g/mol. The second-order valence-electron chi connectivity index (χ2n) is 4.35. The van der Waals surface area contributed by atoms with Crippen LogP contribution < -0.4 is 0 Å². The van der Waals surface area contributed by atoms with Crippen molar-refractivity contribution in [2.75, 3.05) is 0 Å². The van der Waals surface area contributed by atoms with Gasteiger partial charge in [0, 0.05) is 6.42 Å². The SMILES string of the molecule is CCCc1n[nH]c(=S)n1/N=C\c1ccc(CC)cc1. The summed E-state index contributed by atoms with van der Waals surface area (Å²) in [6.07, 6.45) is 4.73. The third-order valence-corrected chi connectivity index (χ3v) is 3.17. The number of H-pyrrole nitrogens is 1. The lowest BCUT2D eigenvalue weighted by Gasteiger charge is -1.99. The lowest BCUT2D eigenvalue weighted by molar-refractivity contribution is 0.740. The first kappa shape index (κ1) is 13.7. The van der Waals surface area contributed by atoms with Gasteiger partial charge in [0.25, 0.3) is 0 Å². The summed E-state index contributed by atoms with van der Waals surface area (Å²) in [6.45, 7) is 4.25. The van der Waals surface area contributed by atoms with E-state index in [1.54, 1.807) is 4.68 Å². The van der Waals surface area contributed by atoms with Gasteiger partial charge in [-0.05, 0) is 36.2 Å². The van der Waals surface area contributed by atoms with E-state index in [2.05, 4.69) is 53.4 Å². The van der Waals surface area contributed by atoms with E-state index in [-0.39, 0.29) is 0 Å². The van der Waals surface area contributed by atoms with Crippen molar-refractivity contribution in [3.8, 4) is 0 Å². The Bertz CT molecular complexity index is 607. The van der Waals surface area contributed by atoms with E-state index in [0.717, 1.165) is 30.7 Å². The Morgan fingerprint density at radius 1 is 1.32 bits per heavy atom. The lowest BCUT2D eigenvalue weighted by atomic mass is 10.1. The summed E-state index contributed by atoms with van der Waals surface area (Å²) in [4.78, 5) is 0. The molecule has 1 aromatic heterocycles. The first-order valence-electron chi connectivity index (χ1n) is 6.54. The van der Waals surface area contributed by atoms with E-state index in [1.165, 1.54) is 5.56 Å². The van der Waals surface area contributed by atoms with Crippen LogP contribution in [0.1, 0.15) is 37.2 Å². The molecule has 100 valence electrons. The zero-order valence-electron chi connectivity index (χ0n) is 11.3. The Labute approximate surface area is 118 Å². The molecule has 0 fully saturated rings. The van der Waals surface area contributed by atoms with Crippen LogP contribution in [0.4, 0.5) is 0 Å². The van der Waals surface area contributed by atoms with Crippen LogP contribution in [0.2, 0.25) is 0 Å². The lowest BCUT2D eigenvalue weighted by Crippen LogP contribution is -1.98. The van der Waals surface area contributed by atoms with Gasteiger partial charge in [0.15, 0.2) is 5.82 Å². The number of nitrogens with one attached hydrogen (secondary N) is 1. The molecule has 4 nitrogen and oxygen atoms in total. The van der Waals surface area contributed by atoms with Crippen LogP contribution in [0.25, 0.3) is 0 Å². The quantitative estimate of drug-likeness (QED) is 0.671. The van der Waals surface area contributed by atoms with Crippen molar-refractivity contribution >= 4 is 18.4 Å². The van der Waals surface area contributed by atoms with Crippen molar-refractivity contribution in [1.82, 2.24) is 14.9 Å². The van der Waals surface area contributed by atoms with Gasteiger partial charge >= 0.3 is 0 Å². The third kappa shape index (κ3) is 3.38. The Hall–Kier alpha value is -1.75. The maximum Gasteiger partial charge on any atom is 0.216 e. The predicted octanol–water partition coefficient (Wildman–Crippen LogP) is 3.34. The third-order valence-electron chi connectivity index (χ3n) is 2.90. The molecule has 2 rings (SSSR count). The summed E-state index contributed by atoms with van der Waals surface area (Å²) in [6, 6.07) is 8.35. The summed E-state index contributed by atoms with van der Waals surface area (Å²) in [5.74, 6) is 0.869. The Morgan fingerprint density at radius 3 is 2.68 bits per heavy atom. The highest BCUT2D eigenvalue weighted by molar-refractivity contribution is 7.71. The van der Waals surface area contributed by atoms with Crippen LogP contribution in [-0.2, 0) is 12.8 Å². The molecule has 0 unspecified atom stereocenters. The summed E-state index contributed by atoms with van der Waals surface area (Å²) in [7, 11) is 0. The van der Waals surface area contributed by atoms with Crippen LogP contribution in [0.15, 0.2) is 29.4 Å². The molecule has 0 aliphatic heterocycles. The highest BCUT2D eigenvalue weighted by atomic mass is 32.1. The topological polar surface area (TPSA) is 46.0 Å². The summed E-state index contributed by atoms with van der Waals surface area (Å²) in [5.41, 5.74) is 2.38. The number of benzene rings is 1. The van der Waals surface area contributed by atoms with Crippen molar-refractivity contribution < 1.29 is 0 Å². The molecule has 19 heavy (non-hydrogen) atoms. The molecular weight excluding hydrogens is 256 g/mol. The van der Waals surface area contributed by atoms with E-state index in [9.17, 15) is 0 Å². The van der Waals surface area contributed by atoms with Gasteiger partial charge in [-0.3, -0.25) is 5.10 Å². The molecule has 0 bridgehead atoms. The van der Waals surface area contributed by atoms with Crippen molar-refractivity contribution in [1.29, 1.82) is 0 Å². The van der Waals surface area contributed by atoms with Gasteiger partial charge in [-0.25, -0.2) is 0 Å². The number of hydrogen-bond donors (Lipinski definition) is 1. The summed E-state index contributed by atoms with van der Waals surface area (Å²) >= 11 is 5.17. The molecular formula is C14H18N4S. The van der Waals surface area contributed by atoms with Crippen molar-refractivity contribution in [2.45, 2.75) is 33.1 Å². The van der Waals surface area contributed by atoms with Gasteiger partial charge in [0.1, 0.15) is 0 Å². The molecule has 0 saturated carbocycles. The Balaban J connectivity index is 2.21. The van der Waals surface area contributed by atoms with Gasteiger partial charge in [-0.2, -0.15) is 14.9 Å². The van der Waals surface area contributed by atoms with Crippen molar-refractivity contribution in [3.63, 3.8) is 0 Å². The maximum absolute atomic E-state index is 5.17. The van der Waals surface area contributed by atoms with Crippen LogP contribution in [0, 0.1) is 4.77 Å². The minimum atomic E-state index is 0.532. The van der Waals surface area contributed by atoms with Gasteiger partial charge in [-0.1, -0.05) is 38.1 Å². The van der Waals surface area contributed by atoms with E-state index in [0.29, 0.717) is 4.77 Å². The predicted molar refractivity (Wildman–Crippen MR) is 80.2 cm³/mol. The number of aromatic nitrogens is 3. The smallest absolute Gasteiger partial charge is 0.216 e. The van der Waals surface area contributed by atoms with E-state index in [4.69, 9.17) is 12.2 Å². The molecule has 0 atom stereocenters. The maximum atomic E-state index is 5.17. The summed E-state index contributed by atoms with van der Waals surface area (Å²) < 4.78 is 2.22. The minimum Gasteiger partial charge on any atom is -0.250 e. The molecule has 0 aliphatic rings. The first-order chi connectivity index (χ1) is 9.24. The number of hydrogen-bond acceptors (Lipinski definition) is 3. The summed E-state index contributed by atoms with van der Waals surface area (Å²) in [5, 5.41) is 11.4. The monoisotopic (exact) mass is 274 g/mol. The van der Waals surface area contributed by atoms with E-state index < -0.39 is 0 Å². The zero-order chi connectivity index (χ0) is 13.7. The molecule has 0 amide bonds. The van der Waals surface area contributed by atoms with E-state index >= 15 is 0 Å². The second-order valence-corrected chi connectivity index (χ2v) is 4.73. The first-order valence-corrected chi connectivity index (χ1v) is 6.95. The Morgan fingerprint density at radius 2 is 2.05 bits per heavy atom. The average Bonchev–Trinajstić information content (AvgIpc) is 2.78. The van der Waals surface area contributed by atoms with Crippen molar-refractivity contribution in [3.05, 3.63) is 46.0 Å². The largest absolute Gasteiger partial charge is 0.250 e. The molecule has 0 aliphatic carbocycles. The molecule has 0 saturated heterocycles. The van der Waals surface area contributed by atoms with Crippen molar-refractivity contribution in [2.24, 2.45) is 5.10 Å². The van der Waals surface area contributed by atoms with Gasteiger partial charge in [0.05, 0.1) is 6.21 Å². The minimum absolute atomic E-state index is 0.532. The van der Waals surface area contributed by atoms with Gasteiger partial charge < -0.3 is 0 Å². The second kappa shape index (κ2) is 6.43. The van der Waals surface area contributed by atoms with E-state index in [1.807, 2.05) is 6.21 Å². The van der Waals surface area contributed by atoms with Crippen LogP contribution in [-0.4, -0.2) is 21.1 Å². The molecule has 1 aromatic carbocycles. The number of nitrogens with zero attached hydrogens (tertiary/aromatic N) is 3. The fourth-order valence-corrected chi connectivity index (χ4v) is 1.99. The highest BCUT2D eigenvalue weighted by Gasteiger charge is 2.02. The van der Waals surface area contributed by atoms with Crippen LogP contribution >= 0.6 is 12.2 Å². The fraction of sp³-hybridized carbons (Fsp3) is 0.357. The molecule has 5 heteroatoms. The number of aromatic amines is 1. The molecule has 1 heterocycles. The standard InChI is InChI=1S/C14H18N4S/c1-3-5-13-16-17-14(19)18(13)15-10-12-8-6-11(4-2)7-9-12/h6-10H,3-5H2,1-2H3,(H,17,19)/b15-10-. The molecule has 2 aromatic rings. The Kier molecular flexibility index (Phi) is 4.63. The highest BCUT2D eigenvalue weighted by Crippen LogP contribution is 2.05. The van der Waals surface area contributed by atoms with Crippen LogP contribution in [0.5, 0.6) is 0 Å². The fourth-order valence-electron chi connectivity index (χ4n) is 1.79. The molecule has 0 radical (unpaired) electrons. The molecule has 1 N–H and O–H groups in total. The number of aryl methyl sites for hydroxylation is 2. The zero-order valence-corrected chi connectivity index (χ0v) is 12.1. The normalized spacial score (nSPS) is 11.3. The van der Waals surface area contributed by atoms with Gasteiger partial charge in [-0.15, -0.1) is 0 Å². The molecule has 0 spiro atoms. The van der Waals surface area contributed by atoms with Gasteiger partial charge in [0.2, 0.25) is 4.77 Å². The number of rotatable bonds is 5.